The van der Waals surface area contributed by atoms with Crippen LogP contribution in [0, 0.1) is 0 Å². The smallest absolute Gasteiger partial charge is 0.354 e. The second-order valence-corrected chi connectivity index (χ2v) is 5.85. The van der Waals surface area contributed by atoms with E-state index < -0.39 is 5.97 Å². The fourth-order valence-corrected chi connectivity index (χ4v) is 2.37. The number of aromatic nitrogens is 1. The van der Waals surface area contributed by atoms with Gasteiger partial charge >= 0.3 is 5.97 Å². The molecule has 104 valence electrons. The van der Waals surface area contributed by atoms with Gasteiger partial charge < -0.3 is 10.0 Å². The van der Waals surface area contributed by atoms with E-state index in [4.69, 9.17) is 5.11 Å². The molecule has 1 saturated heterocycles. The summed E-state index contributed by atoms with van der Waals surface area (Å²) in [5.74, 6) is -0.977. The minimum atomic E-state index is -0.977. The zero-order valence-corrected chi connectivity index (χ0v) is 11.8. The lowest BCUT2D eigenvalue weighted by molar-refractivity contribution is 0.0690. The highest BCUT2D eigenvalue weighted by molar-refractivity contribution is 5.86. The largest absolute Gasteiger partial charge is 0.477 e. The maximum atomic E-state index is 10.9. The molecule has 0 aromatic carbocycles. The summed E-state index contributed by atoms with van der Waals surface area (Å²) in [5, 5.41) is 8.97. The van der Waals surface area contributed by atoms with Crippen LogP contribution in [0.3, 0.4) is 0 Å². The molecule has 5 nitrogen and oxygen atoms in total. The Balaban J connectivity index is 2.05. The van der Waals surface area contributed by atoms with Crippen LogP contribution in [-0.2, 0) is 0 Å². The van der Waals surface area contributed by atoms with Crippen molar-refractivity contribution in [1.29, 1.82) is 0 Å². The van der Waals surface area contributed by atoms with Crippen molar-refractivity contribution in [2.45, 2.75) is 26.3 Å². The third-order valence-corrected chi connectivity index (χ3v) is 3.56. The number of nitrogens with zero attached hydrogens (tertiary/aromatic N) is 3. The van der Waals surface area contributed by atoms with E-state index >= 15 is 0 Å². The Morgan fingerprint density at radius 3 is 2.42 bits per heavy atom. The van der Waals surface area contributed by atoms with E-state index in [1.807, 2.05) is 6.07 Å². The summed E-state index contributed by atoms with van der Waals surface area (Å²) in [6.07, 6.45) is 1.56. The van der Waals surface area contributed by atoms with E-state index in [1.54, 1.807) is 12.3 Å². The van der Waals surface area contributed by atoms with E-state index in [0.717, 1.165) is 31.9 Å². The molecule has 0 bridgehead atoms. The molecule has 0 atom stereocenters. The second kappa shape index (κ2) is 5.17. The van der Waals surface area contributed by atoms with Crippen molar-refractivity contribution in [3.05, 3.63) is 24.0 Å². The lowest BCUT2D eigenvalue weighted by Gasteiger charge is -2.43. The zero-order chi connectivity index (χ0) is 14.0. The molecular weight excluding hydrogens is 242 g/mol. The fraction of sp³-hybridized carbons (Fsp3) is 0.571. The van der Waals surface area contributed by atoms with Gasteiger partial charge in [0.25, 0.3) is 0 Å². The van der Waals surface area contributed by atoms with Gasteiger partial charge in [-0.15, -0.1) is 0 Å². The van der Waals surface area contributed by atoms with Crippen molar-refractivity contribution in [2.24, 2.45) is 0 Å². The van der Waals surface area contributed by atoms with Crippen LogP contribution in [0.5, 0.6) is 0 Å². The monoisotopic (exact) mass is 263 g/mol. The standard InChI is InChI=1S/C14H21N3O2/c1-14(2,3)17-8-6-16(7-9-17)11-4-5-15-12(10-11)13(18)19/h4-5,10H,6-9H2,1-3H3,(H,18,19). The molecule has 0 unspecified atom stereocenters. The molecule has 1 fully saturated rings. The number of carbonyl (C=O) groups is 1. The number of aromatic carboxylic acids is 1. The van der Waals surface area contributed by atoms with Crippen LogP contribution in [0.4, 0.5) is 5.69 Å². The average molecular weight is 263 g/mol. The van der Waals surface area contributed by atoms with Gasteiger partial charge in [-0.3, -0.25) is 4.90 Å². The molecule has 0 spiro atoms. The predicted octanol–water partition coefficient (Wildman–Crippen LogP) is 1.70. The maximum Gasteiger partial charge on any atom is 0.354 e. The van der Waals surface area contributed by atoms with Gasteiger partial charge in [-0.2, -0.15) is 0 Å². The van der Waals surface area contributed by atoms with Gasteiger partial charge in [0, 0.05) is 43.6 Å². The summed E-state index contributed by atoms with van der Waals surface area (Å²) in [5.41, 5.74) is 1.24. The van der Waals surface area contributed by atoms with Crippen molar-refractivity contribution < 1.29 is 9.90 Å². The first kappa shape index (κ1) is 13.8. The summed E-state index contributed by atoms with van der Waals surface area (Å²) in [6.45, 7) is 10.5. The highest BCUT2D eigenvalue weighted by atomic mass is 16.4. The quantitative estimate of drug-likeness (QED) is 0.880. The molecule has 1 N–H and O–H groups in total. The number of rotatable bonds is 2. The average Bonchev–Trinajstić information content (AvgIpc) is 2.38. The van der Waals surface area contributed by atoms with Crippen LogP contribution in [0.1, 0.15) is 31.3 Å². The van der Waals surface area contributed by atoms with Gasteiger partial charge in [-0.05, 0) is 32.9 Å². The third-order valence-electron chi connectivity index (χ3n) is 3.56. The van der Waals surface area contributed by atoms with Crippen LogP contribution in [0.2, 0.25) is 0 Å². The van der Waals surface area contributed by atoms with E-state index in [0.29, 0.717) is 0 Å². The van der Waals surface area contributed by atoms with Gasteiger partial charge in [0.2, 0.25) is 0 Å². The summed E-state index contributed by atoms with van der Waals surface area (Å²) < 4.78 is 0. The molecular formula is C14H21N3O2. The van der Waals surface area contributed by atoms with Crippen molar-refractivity contribution in [2.75, 3.05) is 31.1 Å². The lowest BCUT2D eigenvalue weighted by atomic mass is 10.0. The third kappa shape index (κ3) is 3.23. The SMILES string of the molecule is CC(C)(C)N1CCN(c2ccnc(C(=O)O)c2)CC1. The maximum absolute atomic E-state index is 10.9. The van der Waals surface area contributed by atoms with Gasteiger partial charge in [0.05, 0.1) is 0 Å². The van der Waals surface area contributed by atoms with E-state index in [9.17, 15) is 4.79 Å². The van der Waals surface area contributed by atoms with Crippen LogP contribution < -0.4 is 4.90 Å². The first-order valence-electron chi connectivity index (χ1n) is 6.57. The summed E-state index contributed by atoms with van der Waals surface area (Å²) in [4.78, 5) is 19.4. The minimum absolute atomic E-state index is 0.107. The molecule has 19 heavy (non-hydrogen) atoms. The molecule has 0 saturated carbocycles. The summed E-state index contributed by atoms with van der Waals surface area (Å²) in [7, 11) is 0. The molecule has 2 heterocycles. The molecule has 1 aliphatic rings. The van der Waals surface area contributed by atoms with Crippen LogP contribution in [0.15, 0.2) is 18.3 Å². The molecule has 0 radical (unpaired) electrons. The summed E-state index contributed by atoms with van der Waals surface area (Å²) >= 11 is 0. The van der Waals surface area contributed by atoms with Crippen molar-refractivity contribution in [1.82, 2.24) is 9.88 Å². The number of piperazine rings is 1. The topological polar surface area (TPSA) is 56.7 Å². The molecule has 1 aromatic heterocycles. The zero-order valence-electron chi connectivity index (χ0n) is 11.8. The van der Waals surface area contributed by atoms with Gasteiger partial charge in [0.15, 0.2) is 0 Å². The van der Waals surface area contributed by atoms with E-state index in [1.165, 1.54) is 0 Å². The first-order valence-corrected chi connectivity index (χ1v) is 6.57. The Morgan fingerprint density at radius 1 is 1.26 bits per heavy atom. The van der Waals surface area contributed by atoms with Crippen molar-refractivity contribution in [3.63, 3.8) is 0 Å². The lowest BCUT2D eigenvalue weighted by Crippen LogP contribution is -2.53. The number of anilines is 1. The number of carboxylic acid groups (broad SMARTS) is 1. The van der Waals surface area contributed by atoms with Crippen molar-refractivity contribution in [3.8, 4) is 0 Å². The fourth-order valence-electron chi connectivity index (χ4n) is 2.37. The second-order valence-electron chi connectivity index (χ2n) is 5.85. The Labute approximate surface area is 113 Å². The highest BCUT2D eigenvalue weighted by Crippen LogP contribution is 2.20. The number of hydrogen-bond donors (Lipinski definition) is 1. The minimum Gasteiger partial charge on any atom is -0.477 e. The first-order chi connectivity index (χ1) is 8.88. The van der Waals surface area contributed by atoms with Gasteiger partial charge in [0.1, 0.15) is 5.69 Å². The van der Waals surface area contributed by atoms with Gasteiger partial charge in [-0.25, -0.2) is 9.78 Å². The summed E-state index contributed by atoms with van der Waals surface area (Å²) in [6, 6.07) is 3.52. The predicted molar refractivity (Wildman–Crippen MR) is 74.7 cm³/mol. The number of hydrogen-bond acceptors (Lipinski definition) is 4. The molecule has 1 aliphatic heterocycles. The highest BCUT2D eigenvalue weighted by Gasteiger charge is 2.26. The van der Waals surface area contributed by atoms with Crippen molar-refractivity contribution >= 4 is 11.7 Å². The van der Waals surface area contributed by atoms with E-state index in [2.05, 4.69) is 35.6 Å². The van der Waals surface area contributed by atoms with E-state index in [-0.39, 0.29) is 11.2 Å². The molecule has 2 rings (SSSR count). The number of carboxylic acids is 1. The Bertz CT molecular complexity index is 460. The van der Waals surface area contributed by atoms with Crippen LogP contribution in [-0.4, -0.2) is 52.7 Å². The molecule has 0 aliphatic carbocycles. The van der Waals surface area contributed by atoms with Crippen LogP contribution >= 0.6 is 0 Å². The molecule has 1 aromatic rings. The Morgan fingerprint density at radius 2 is 1.89 bits per heavy atom. The number of pyridine rings is 1. The van der Waals surface area contributed by atoms with Gasteiger partial charge in [-0.1, -0.05) is 0 Å². The Kier molecular flexibility index (Phi) is 3.75. The molecule has 0 amide bonds. The van der Waals surface area contributed by atoms with Crippen LogP contribution in [0.25, 0.3) is 0 Å². The molecule has 5 heteroatoms. The normalized spacial score (nSPS) is 17.5. The Hall–Kier alpha value is -1.62.